The Morgan fingerprint density at radius 1 is 1.09 bits per heavy atom. The molecule has 35 heavy (non-hydrogen) atoms. The van der Waals surface area contributed by atoms with Crippen molar-refractivity contribution in [1.29, 1.82) is 0 Å². The molecule has 0 amide bonds. The van der Waals surface area contributed by atoms with Crippen molar-refractivity contribution in [2.75, 3.05) is 44.3 Å². The minimum absolute atomic E-state index is 0.0392. The first-order chi connectivity index (χ1) is 16.9. The van der Waals surface area contributed by atoms with Gasteiger partial charge >= 0.3 is 0 Å². The zero-order valence-electron chi connectivity index (χ0n) is 19.8. The number of ether oxygens (including phenoxy) is 1. The molecule has 2 atom stereocenters. The molecule has 3 N–H and O–H groups in total. The number of piperazine rings is 1. The zero-order valence-corrected chi connectivity index (χ0v) is 20.6. The van der Waals surface area contributed by atoms with Crippen LogP contribution in [0.3, 0.4) is 0 Å². The van der Waals surface area contributed by atoms with Crippen LogP contribution in [0.15, 0.2) is 66.9 Å². The lowest BCUT2D eigenvalue weighted by atomic mass is 9.95. The van der Waals surface area contributed by atoms with Crippen LogP contribution in [0.25, 0.3) is 0 Å². The van der Waals surface area contributed by atoms with E-state index >= 15 is 0 Å². The fraction of sp³-hybridized carbons (Fsp3) is 0.370. The molecule has 2 aromatic carbocycles. The van der Waals surface area contributed by atoms with Crippen LogP contribution in [0.4, 0.5) is 5.69 Å². The van der Waals surface area contributed by atoms with Crippen LogP contribution >= 0.6 is 11.6 Å². The van der Waals surface area contributed by atoms with E-state index in [4.69, 9.17) is 21.4 Å². The molecule has 1 fully saturated rings. The summed E-state index contributed by atoms with van der Waals surface area (Å²) in [6.45, 7) is 4.48. The average Bonchev–Trinajstić information content (AvgIpc) is 2.88. The summed E-state index contributed by atoms with van der Waals surface area (Å²) in [4.78, 5) is 8.80. The number of aromatic nitrogens is 1. The summed E-state index contributed by atoms with van der Waals surface area (Å²) in [5, 5.41) is 30.1. The molecule has 0 bridgehead atoms. The second-order valence-corrected chi connectivity index (χ2v) is 9.42. The molecule has 8 heteroatoms. The number of anilines is 1. The van der Waals surface area contributed by atoms with Gasteiger partial charge in [0.1, 0.15) is 18.0 Å². The lowest BCUT2D eigenvalue weighted by Crippen LogP contribution is -2.52. The molecule has 1 saturated heterocycles. The van der Waals surface area contributed by atoms with E-state index in [1.165, 1.54) is 5.56 Å². The number of benzene rings is 2. The molecule has 0 aliphatic carbocycles. The maximum Gasteiger partial charge on any atom is 0.121 e. The summed E-state index contributed by atoms with van der Waals surface area (Å²) in [6.07, 6.45) is 1.64. The standard InChI is InChI=1S/C27H32ClN3O4/c1-27(34,21-7-8-22(18-33)29-16-21)19-30-11-12-31(26(17-30)20-5-3-2-4-6-20)25-10-9-23(15-24(25)28)35-14-13-32/h2-10,15-16,26,32-34H,11-14,17-19H2,1H3/t26-,27+/m0/s1. The highest BCUT2D eigenvalue weighted by Gasteiger charge is 2.34. The van der Waals surface area contributed by atoms with Crippen LogP contribution in [-0.4, -0.2) is 64.6 Å². The van der Waals surface area contributed by atoms with Gasteiger partial charge in [-0.3, -0.25) is 9.88 Å². The Labute approximate surface area is 211 Å². The molecule has 1 aliphatic rings. The average molecular weight is 498 g/mol. The van der Waals surface area contributed by atoms with Gasteiger partial charge in [-0.2, -0.15) is 0 Å². The van der Waals surface area contributed by atoms with Crippen LogP contribution in [-0.2, 0) is 12.2 Å². The van der Waals surface area contributed by atoms with E-state index in [1.807, 2.05) is 36.4 Å². The van der Waals surface area contributed by atoms with Crippen molar-refractivity contribution in [2.24, 2.45) is 0 Å². The summed E-state index contributed by atoms with van der Waals surface area (Å²) in [6, 6.07) is 19.5. The summed E-state index contributed by atoms with van der Waals surface area (Å²) in [5.74, 6) is 0.625. The second kappa shape index (κ2) is 11.4. The second-order valence-electron chi connectivity index (χ2n) is 9.01. The van der Waals surface area contributed by atoms with Gasteiger partial charge in [0, 0.05) is 44.0 Å². The third-order valence-corrected chi connectivity index (χ3v) is 6.68. The molecular weight excluding hydrogens is 466 g/mol. The van der Waals surface area contributed by atoms with E-state index in [0.717, 1.165) is 24.3 Å². The monoisotopic (exact) mass is 497 g/mol. The van der Waals surface area contributed by atoms with Gasteiger partial charge in [0.05, 0.1) is 35.7 Å². The van der Waals surface area contributed by atoms with Crippen LogP contribution < -0.4 is 9.64 Å². The van der Waals surface area contributed by atoms with E-state index in [1.54, 1.807) is 25.3 Å². The van der Waals surface area contributed by atoms with Crippen molar-refractivity contribution in [2.45, 2.75) is 25.2 Å². The largest absolute Gasteiger partial charge is 0.491 e. The maximum atomic E-state index is 11.3. The molecule has 1 aromatic heterocycles. The molecule has 0 saturated carbocycles. The van der Waals surface area contributed by atoms with Crippen molar-refractivity contribution in [3.8, 4) is 5.75 Å². The van der Waals surface area contributed by atoms with E-state index in [0.29, 0.717) is 29.6 Å². The molecule has 2 heterocycles. The van der Waals surface area contributed by atoms with Crippen LogP contribution in [0.5, 0.6) is 5.75 Å². The Hall–Kier alpha value is -2.68. The van der Waals surface area contributed by atoms with E-state index in [9.17, 15) is 10.2 Å². The van der Waals surface area contributed by atoms with Gasteiger partial charge in [0.2, 0.25) is 0 Å². The molecule has 4 rings (SSSR count). The number of rotatable bonds is 9. The number of aliphatic hydroxyl groups excluding tert-OH is 2. The minimum Gasteiger partial charge on any atom is -0.491 e. The fourth-order valence-corrected chi connectivity index (χ4v) is 4.85. The summed E-state index contributed by atoms with van der Waals surface area (Å²) in [5.41, 5.74) is 2.30. The quantitative estimate of drug-likeness (QED) is 0.417. The summed E-state index contributed by atoms with van der Waals surface area (Å²) >= 11 is 6.68. The van der Waals surface area contributed by atoms with Crippen molar-refractivity contribution >= 4 is 17.3 Å². The smallest absolute Gasteiger partial charge is 0.121 e. The van der Waals surface area contributed by atoms with Gasteiger partial charge in [-0.05, 0) is 30.7 Å². The lowest BCUT2D eigenvalue weighted by Gasteiger charge is -2.45. The van der Waals surface area contributed by atoms with Gasteiger partial charge in [0.15, 0.2) is 0 Å². The molecule has 186 valence electrons. The highest BCUT2D eigenvalue weighted by molar-refractivity contribution is 6.33. The minimum atomic E-state index is -1.09. The Kier molecular flexibility index (Phi) is 8.26. The predicted molar refractivity (Wildman–Crippen MR) is 137 cm³/mol. The Morgan fingerprint density at radius 3 is 2.54 bits per heavy atom. The van der Waals surface area contributed by atoms with Gasteiger partial charge < -0.3 is 25.0 Å². The molecule has 7 nitrogen and oxygen atoms in total. The number of β-amino-alcohol motifs (C(OH)–C–C–N with tert-alkyl or cyclic N) is 1. The first kappa shape index (κ1) is 25.4. The number of halogens is 1. The van der Waals surface area contributed by atoms with Gasteiger partial charge in [-0.1, -0.05) is 48.0 Å². The van der Waals surface area contributed by atoms with Crippen molar-refractivity contribution in [1.82, 2.24) is 9.88 Å². The third-order valence-electron chi connectivity index (χ3n) is 6.38. The number of pyridine rings is 1. The Bertz CT molecular complexity index is 1100. The Balaban J connectivity index is 1.55. The third kappa shape index (κ3) is 6.12. The molecule has 1 aliphatic heterocycles. The normalized spacial score (nSPS) is 18.3. The highest BCUT2D eigenvalue weighted by atomic mass is 35.5. The van der Waals surface area contributed by atoms with Crippen LogP contribution in [0.1, 0.15) is 29.8 Å². The Morgan fingerprint density at radius 2 is 1.89 bits per heavy atom. The molecule has 3 aromatic rings. The molecule has 0 radical (unpaired) electrons. The van der Waals surface area contributed by atoms with Crippen LogP contribution in [0, 0.1) is 0 Å². The number of aliphatic hydroxyl groups is 3. The lowest BCUT2D eigenvalue weighted by molar-refractivity contribution is 0.00997. The van der Waals surface area contributed by atoms with Gasteiger partial charge in [-0.15, -0.1) is 0 Å². The van der Waals surface area contributed by atoms with Gasteiger partial charge in [0.25, 0.3) is 0 Å². The highest BCUT2D eigenvalue weighted by Crippen LogP contribution is 2.37. The fourth-order valence-electron chi connectivity index (χ4n) is 4.57. The SMILES string of the molecule is C[C@@](O)(CN1CCN(c2ccc(OCCO)cc2Cl)[C@H](c2ccccc2)C1)c1ccc(CO)nc1. The predicted octanol–water partition coefficient (Wildman–Crippen LogP) is 3.37. The van der Waals surface area contributed by atoms with Crippen molar-refractivity contribution in [3.05, 3.63) is 88.7 Å². The molecular formula is C27H32ClN3O4. The zero-order chi connectivity index (χ0) is 24.8. The number of nitrogens with zero attached hydrogens (tertiary/aromatic N) is 3. The number of hydrogen-bond donors (Lipinski definition) is 3. The first-order valence-electron chi connectivity index (χ1n) is 11.8. The summed E-state index contributed by atoms with van der Waals surface area (Å²) in [7, 11) is 0. The molecule has 0 spiro atoms. The first-order valence-corrected chi connectivity index (χ1v) is 12.1. The van der Waals surface area contributed by atoms with E-state index in [2.05, 4.69) is 26.9 Å². The van der Waals surface area contributed by atoms with Crippen molar-refractivity contribution in [3.63, 3.8) is 0 Å². The van der Waals surface area contributed by atoms with Gasteiger partial charge in [-0.25, -0.2) is 0 Å². The maximum absolute atomic E-state index is 11.3. The topological polar surface area (TPSA) is 89.3 Å². The molecule has 0 unspecified atom stereocenters. The van der Waals surface area contributed by atoms with Crippen molar-refractivity contribution < 1.29 is 20.1 Å². The summed E-state index contributed by atoms with van der Waals surface area (Å²) < 4.78 is 5.51. The number of hydrogen-bond acceptors (Lipinski definition) is 7. The van der Waals surface area contributed by atoms with E-state index < -0.39 is 5.60 Å². The van der Waals surface area contributed by atoms with E-state index in [-0.39, 0.29) is 25.9 Å². The van der Waals surface area contributed by atoms with Crippen LogP contribution in [0.2, 0.25) is 5.02 Å².